The fraction of sp³-hybridized carbons (Fsp3) is 0.273. The molecule has 2 rings (SSSR count). The highest BCUT2D eigenvalue weighted by atomic mass is 79.9. The number of carboxylic acids is 1. The molecule has 84 valence electrons. The van der Waals surface area contributed by atoms with E-state index in [0.29, 0.717) is 16.6 Å². The van der Waals surface area contributed by atoms with Gasteiger partial charge in [0.1, 0.15) is 11.9 Å². The van der Waals surface area contributed by atoms with Gasteiger partial charge >= 0.3 is 5.97 Å². The van der Waals surface area contributed by atoms with Gasteiger partial charge in [-0.3, -0.25) is 4.79 Å². The van der Waals surface area contributed by atoms with Crippen LogP contribution in [0.25, 0.3) is 0 Å². The molecule has 0 aromatic heterocycles. The zero-order valence-electron chi connectivity index (χ0n) is 8.49. The molecule has 0 saturated heterocycles. The number of hydrogen-bond donors (Lipinski definition) is 1. The zero-order chi connectivity index (χ0) is 11.9. The third-order valence-electron chi connectivity index (χ3n) is 2.40. The van der Waals surface area contributed by atoms with Crippen molar-refractivity contribution in [3.8, 4) is 5.75 Å². The standard InChI is InChI=1S/C11H9BrO4/c1-5-2-6-3-7(12)4-8(10(6)16-5)9(13)11(14)15/h3-5H,2H2,1H3,(H,14,15). The van der Waals surface area contributed by atoms with Crippen LogP contribution in [0.4, 0.5) is 0 Å². The highest BCUT2D eigenvalue weighted by Crippen LogP contribution is 2.35. The van der Waals surface area contributed by atoms with Crippen LogP contribution < -0.4 is 4.74 Å². The van der Waals surface area contributed by atoms with Crippen molar-refractivity contribution in [3.63, 3.8) is 0 Å². The van der Waals surface area contributed by atoms with E-state index in [2.05, 4.69) is 15.9 Å². The Morgan fingerprint density at radius 1 is 1.50 bits per heavy atom. The van der Waals surface area contributed by atoms with Gasteiger partial charge in [-0.2, -0.15) is 0 Å². The monoisotopic (exact) mass is 284 g/mol. The molecule has 4 nitrogen and oxygen atoms in total. The lowest BCUT2D eigenvalue weighted by Gasteiger charge is -2.07. The molecule has 16 heavy (non-hydrogen) atoms. The summed E-state index contributed by atoms with van der Waals surface area (Å²) in [5.41, 5.74) is 0.979. The van der Waals surface area contributed by atoms with Crippen LogP contribution in [0, 0.1) is 0 Å². The molecule has 1 N–H and O–H groups in total. The molecule has 1 heterocycles. The normalized spacial score (nSPS) is 17.8. The lowest BCUT2D eigenvalue weighted by atomic mass is 10.0. The number of benzene rings is 1. The van der Waals surface area contributed by atoms with Crippen LogP contribution in [0.1, 0.15) is 22.8 Å². The number of fused-ring (bicyclic) bond motifs is 1. The van der Waals surface area contributed by atoms with E-state index in [-0.39, 0.29) is 11.7 Å². The summed E-state index contributed by atoms with van der Waals surface area (Å²) in [7, 11) is 0. The topological polar surface area (TPSA) is 63.6 Å². The van der Waals surface area contributed by atoms with Crippen molar-refractivity contribution >= 4 is 27.7 Å². The molecule has 1 aromatic carbocycles. The molecule has 0 spiro atoms. The fourth-order valence-electron chi connectivity index (χ4n) is 1.78. The molecule has 1 unspecified atom stereocenters. The zero-order valence-corrected chi connectivity index (χ0v) is 10.1. The summed E-state index contributed by atoms with van der Waals surface area (Å²) in [5, 5.41) is 8.70. The summed E-state index contributed by atoms with van der Waals surface area (Å²) in [6.07, 6.45) is 0.666. The van der Waals surface area contributed by atoms with Gasteiger partial charge in [0.05, 0.1) is 5.56 Å². The molecule has 5 heteroatoms. The van der Waals surface area contributed by atoms with E-state index in [1.165, 1.54) is 6.07 Å². The van der Waals surface area contributed by atoms with Crippen LogP contribution >= 0.6 is 15.9 Å². The number of carboxylic acid groups (broad SMARTS) is 1. The number of halogens is 1. The molecule has 0 bridgehead atoms. The second kappa shape index (κ2) is 3.90. The third-order valence-corrected chi connectivity index (χ3v) is 2.85. The van der Waals surface area contributed by atoms with E-state index in [9.17, 15) is 9.59 Å². The van der Waals surface area contributed by atoms with Gasteiger partial charge in [-0.05, 0) is 24.6 Å². The Morgan fingerprint density at radius 2 is 2.19 bits per heavy atom. The van der Waals surface area contributed by atoms with E-state index in [0.717, 1.165) is 5.56 Å². The van der Waals surface area contributed by atoms with Gasteiger partial charge in [0.25, 0.3) is 5.78 Å². The molecular weight excluding hydrogens is 276 g/mol. The van der Waals surface area contributed by atoms with Gasteiger partial charge in [-0.15, -0.1) is 0 Å². The molecule has 0 saturated carbocycles. The average Bonchev–Trinajstić information content (AvgIpc) is 2.55. The summed E-state index contributed by atoms with van der Waals surface area (Å²) < 4.78 is 6.15. The number of ketones is 1. The predicted octanol–water partition coefficient (Wildman–Crippen LogP) is 2.04. The Morgan fingerprint density at radius 3 is 2.81 bits per heavy atom. The largest absolute Gasteiger partial charge is 0.489 e. The summed E-state index contributed by atoms with van der Waals surface area (Å²) in [6, 6.07) is 3.32. The van der Waals surface area contributed by atoms with E-state index in [4.69, 9.17) is 9.84 Å². The van der Waals surface area contributed by atoms with Crippen LogP contribution in [0.3, 0.4) is 0 Å². The van der Waals surface area contributed by atoms with Crippen molar-refractivity contribution in [1.29, 1.82) is 0 Å². The van der Waals surface area contributed by atoms with Gasteiger partial charge in [0.15, 0.2) is 0 Å². The number of carbonyl (C=O) groups is 2. The Kier molecular flexibility index (Phi) is 2.71. The van der Waals surface area contributed by atoms with Gasteiger partial charge in [0, 0.05) is 10.9 Å². The SMILES string of the molecule is CC1Cc2cc(Br)cc(C(=O)C(=O)O)c2O1. The van der Waals surface area contributed by atoms with E-state index in [1.54, 1.807) is 0 Å². The maximum absolute atomic E-state index is 11.5. The quantitative estimate of drug-likeness (QED) is 0.667. The van der Waals surface area contributed by atoms with Gasteiger partial charge in [-0.1, -0.05) is 15.9 Å². The first kappa shape index (κ1) is 11.1. The van der Waals surface area contributed by atoms with Crippen molar-refractivity contribution in [1.82, 2.24) is 0 Å². The molecule has 0 aliphatic carbocycles. The van der Waals surface area contributed by atoms with Crippen molar-refractivity contribution in [2.45, 2.75) is 19.4 Å². The lowest BCUT2D eigenvalue weighted by Crippen LogP contribution is -2.14. The predicted molar refractivity (Wildman–Crippen MR) is 59.9 cm³/mol. The number of carbonyl (C=O) groups excluding carboxylic acids is 1. The minimum atomic E-state index is -1.47. The lowest BCUT2D eigenvalue weighted by molar-refractivity contribution is -0.131. The maximum Gasteiger partial charge on any atom is 0.377 e. The fourth-order valence-corrected chi connectivity index (χ4v) is 2.28. The van der Waals surface area contributed by atoms with Crippen LogP contribution in [-0.4, -0.2) is 23.0 Å². The average molecular weight is 285 g/mol. The van der Waals surface area contributed by atoms with Crippen LogP contribution in [0.15, 0.2) is 16.6 Å². The Labute approximate surface area is 100 Å². The van der Waals surface area contributed by atoms with Crippen LogP contribution in [0.5, 0.6) is 5.75 Å². The molecule has 1 aliphatic heterocycles. The summed E-state index contributed by atoms with van der Waals surface area (Å²) in [6.45, 7) is 1.88. The second-order valence-corrected chi connectivity index (χ2v) is 4.62. The van der Waals surface area contributed by atoms with Crippen LogP contribution in [-0.2, 0) is 11.2 Å². The smallest absolute Gasteiger partial charge is 0.377 e. The van der Waals surface area contributed by atoms with Gasteiger partial charge in [-0.25, -0.2) is 4.79 Å². The van der Waals surface area contributed by atoms with Crippen molar-refractivity contribution in [2.24, 2.45) is 0 Å². The van der Waals surface area contributed by atoms with Gasteiger partial charge < -0.3 is 9.84 Å². The first-order valence-electron chi connectivity index (χ1n) is 4.75. The molecule has 0 fully saturated rings. The minimum Gasteiger partial charge on any atom is -0.489 e. The molecule has 0 radical (unpaired) electrons. The summed E-state index contributed by atoms with van der Waals surface area (Å²) in [5.74, 6) is -2.00. The van der Waals surface area contributed by atoms with Gasteiger partial charge in [0.2, 0.25) is 0 Å². The third kappa shape index (κ3) is 1.82. The van der Waals surface area contributed by atoms with Crippen molar-refractivity contribution in [3.05, 3.63) is 27.7 Å². The minimum absolute atomic E-state index is 0.0235. The molecule has 1 atom stereocenters. The van der Waals surface area contributed by atoms with E-state index < -0.39 is 11.8 Å². The Bertz CT molecular complexity index is 481. The van der Waals surface area contributed by atoms with Crippen LogP contribution in [0.2, 0.25) is 0 Å². The van der Waals surface area contributed by atoms with E-state index in [1.807, 2.05) is 13.0 Å². The molecule has 0 amide bonds. The number of rotatable bonds is 2. The number of Topliss-reactive ketones (excluding diaryl/α,β-unsaturated/α-hetero) is 1. The highest BCUT2D eigenvalue weighted by Gasteiger charge is 2.28. The highest BCUT2D eigenvalue weighted by molar-refractivity contribution is 9.10. The maximum atomic E-state index is 11.5. The molecule has 1 aromatic rings. The summed E-state index contributed by atoms with van der Waals surface area (Å²) >= 11 is 3.25. The Balaban J connectivity index is 2.55. The van der Waals surface area contributed by atoms with E-state index >= 15 is 0 Å². The van der Waals surface area contributed by atoms with Crippen molar-refractivity contribution in [2.75, 3.05) is 0 Å². The second-order valence-electron chi connectivity index (χ2n) is 3.71. The number of ether oxygens (including phenoxy) is 1. The van der Waals surface area contributed by atoms with Crippen molar-refractivity contribution < 1.29 is 19.4 Å². The first-order chi connectivity index (χ1) is 7.49. The first-order valence-corrected chi connectivity index (χ1v) is 5.55. The summed E-state index contributed by atoms with van der Waals surface area (Å²) in [4.78, 5) is 22.1. The number of aliphatic carboxylic acids is 1. The Hall–Kier alpha value is -1.36. The molecular formula is C11H9BrO4. The molecule has 1 aliphatic rings. The number of hydrogen-bond acceptors (Lipinski definition) is 3.